The summed E-state index contributed by atoms with van der Waals surface area (Å²) >= 11 is 0. The van der Waals surface area contributed by atoms with E-state index < -0.39 is 21.0 Å². The van der Waals surface area contributed by atoms with Gasteiger partial charge in [0.2, 0.25) is 10.0 Å². The third kappa shape index (κ3) is 3.03. The van der Waals surface area contributed by atoms with Crippen LogP contribution in [0.2, 0.25) is 0 Å². The number of aromatic nitrogens is 2. The molecule has 0 saturated carbocycles. The van der Waals surface area contributed by atoms with Crippen LogP contribution in [0.5, 0.6) is 0 Å². The summed E-state index contributed by atoms with van der Waals surface area (Å²) in [5.41, 5.74) is -0.0608. The van der Waals surface area contributed by atoms with Crippen LogP contribution in [0.4, 0.5) is 5.69 Å². The van der Waals surface area contributed by atoms with E-state index >= 15 is 0 Å². The lowest BCUT2D eigenvalue weighted by molar-refractivity contribution is -0.385. The van der Waals surface area contributed by atoms with Gasteiger partial charge in [0, 0.05) is 50.7 Å². The maximum Gasteiger partial charge on any atom is 0.273 e. The number of aryl methyl sites for hydroxylation is 1. The predicted octanol–water partition coefficient (Wildman–Crippen LogP) is 0.972. The number of hydrogen-bond acceptors (Lipinski definition) is 6. The first-order valence-corrected chi connectivity index (χ1v) is 9.22. The lowest BCUT2D eigenvalue weighted by Gasteiger charge is -2.34. The zero-order valence-electron chi connectivity index (χ0n) is 13.9. The molecule has 134 valence electrons. The molecule has 3 rings (SSSR count). The average molecular weight is 365 g/mol. The molecule has 9 nitrogen and oxygen atoms in total. The second kappa shape index (κ2) is 6.54. The highest BCUT2D eigenvalue weighted by Crippen LogP contribution is 2.32. The normalized spacial score (nSPS) is 19.0. The van der Waals surface area contributed by atoms with Crippen molar-refractivity contribution in [2.45, 2.75) is 17.9 Å². The minimum Gasteiger partial charge on any atom is -0.337 e. The molecule has 10 heteroatoms. The van der Waals surface area contributed by atoms with Crippen molar-refractivity contribution in [2.24, 2.45) is 7.05 Å². The van der Waals surface area contributed by atoms with Crippen molar-refractivity contribution in [2.75, 3.05) is 19.6 Å². The Morgan fingerprint density at radius 2 is 2.16 bits per heavy atom. The Morgan fingerprint density at radius 3 is 2.80 bits per heavy atom. The second-order valence-electron chi connectivity index (χ2n) is 5.89. The molecule has 0 spiro atoms. The smallest absolute Gasteiger partial charge is 0.273 e. The summed E-state index contributed by atoms with van der Waals surface area (Å²) in [5.74, 6) is 0.624. The Balaban J connectivity index is 2.08. The lowest BCUT2D eigenvalue weighted by Crippen LogP contribution is -2.49. The van der Waals surface area contributed by atoms with E-state index in [1.165, 1.54) is 29.4 Å². The molecule has 1 atom stereocenters. The van der Waals surface area contributed by atoms with Gasteiger partial charge in [0.1, 0.15) is 5.82 Å². The number of nitro groups is 1. The Bertz CT molecular complexity index is 908. The first-order chi connectivity index (χ1) is 11.8. The number of nitrogens with one attached hydrogen (secondary N) is 1. The first kappa shape index (κ1) is 17.5. The van der Waals surface area contributed by atoms with Crippen LogP contribution < -0.4 is 5.32 Å². The third-order valence-electron chi connectivity index (χ3n) is 4.39. The van der Waals surface area contributed by atoms with Crippen LogP contribution >= 0.6 is 0 Å². The minimum absolute atomic E-state index is 0.0391. The Kier molecular flexibility index (Phi) is 4.58. The maximum absolute atomic E-state index is 13.2. The van der Waals surface area contributed by atoms with Crippen molar-refractivity contribution in [3.05, 3.63) is 52.1 Å². The number of benzene rings is 1. The van der Waals surface area contributed by atoms with E-state index in [9.17, 15) is 18.5 Å². The summed E-state index contributed by atoms with van der Waals surface area (Å²) in [6, 6.07) is 3.64. The number of nitrogens with zero attached hydrogens (tertiary/aromatic N) is 4. The number of nitro benzene ring substituents is 1. The van der Waals surface area contributed by atoms with Gasteiger partial charge in [-0.15, -0.1) is 0 Å². The van der Waals surface area contributed by atoms with Gasteiger partial charge in [-0.3, -0.25) is 10.1 Å². The van der Waals surface area contributed by atoms with E-state index in [1.807, 2.05) is 0 Å². The van der Waals surface area contributed by atoms with Gasteiger partial charge >= 0.3 is 0 Å². The van der Waals surface area contributed by atoms with Gasteiger partial charge in [0.15, 0.2) is 0 Å². The SMILES string of the molecule is Cc1c([N+](=O)[O-])cccc1S(=O)(=O)N1CCNCC1c1nccn1C. The molecule has 1 fully saturated rings. The van der Waals surface area contributed by atoms with Crippen molar-refractivity contribution < 1.29 is 13.3 Å². The molecule has 1 saturated heterocycles. The molecule has 1 unspecified atom stereocenters. The lowest BCUT2D eigenvalue weighted by atomic mass is 10.2. The van der Waals surface area contributed by atoms with Crippen molar-refractivity contribution >= 4 is 15.7 Å². The Morgan fingerprint density at radius 1 is 1.40 bits per heavy atom. The van der Waals surface area contributed by atoms with Gasteiger partial charge in [0.05, 0.1) is 15.9 Å². The molecule has 1 aliphatic rings. The van der Waals surface area contributed by atoms with Crippen LogP contribution in [0.3, 0.4) is 0 Å². The standard InChI is InChI=1S/C15H19N5O4S/c1-11-12(20(21)22)4-3-5-14(11)25(23,24)19-9-6-16-10-13(19)15-17-7-8-18(15)2/h3-5,7-8,13,16H,6,9-10H2,1-2H3. The molecule has 1 aromatic heterocycles. The summed E-state index contributed by atoms with van der Waals surface area (Å²) in [6.45, 7) is 2.66. The Hall–Kier alpha value is -2.30. The maximum atomic E-state index is 13.2. The fraction of sp³-hybridized carbons (Fsp3) is 0.400. The zero-order valence-corrected chi connectivity index (χ0v) is 14.7. The largest absolute Gasteiger partial charge is 0.337 e. The molecule has 1 aromatic carbocycles. The van der Waals surface area contributed by atoms with Gasteiger partial charge in [0.25, 0.3) is 5.69 Å². The quantitative estimate of drug-likeness (QED) is 0.638. The monoisotopic (exact) mass is 365 g/mol. The second-order valence-corrected chi connectivity index (χ2v) is 7.75. The highest BCUT2D eigenvalue weighted by Gasteiger charge is 2.38. The van der Waals surface area contributed by atoms with Crippen molar-refractivity contribution in [1.29, 1.82) is 0 Å². The van der Waals surface area contributed by atoms with Crippen molar-refractivity contribution in [1.82, 2.24) is 19.2 Å². The highest BCUT2D eigenvalue weighted by atomic mass is 32.2. The predicted molar refractivity (Wildman–Crippen MR) is 90.5 cm³/mol. The molecule has 1 N–H and O–H groups in total. The van der Waals surface area contributed by atoms with Gasteiger partial charge in [-0.05, 0) is 13.0 Å². The van der Waals surface area contributed by atoms with E-state index in [4.69, 9.17) is 0 Å². The molecular formula is C15H19N5O4S. The number of piperazine rings is 1. The zero-order chi connectivity index (χ0) is 18.2. The topological polar surface area (TPSA) is 110 Å². The van der Waals surface area contributed by atoms with Gasteiger partial charge in [-0.1, -0.05) is 6.07 Å². The van der Waals surface area contributed by atoms with E-state index in [2.05, 4.69) is 10.3 Å². The summed E-state index contributed by atoms with van der Waals surface area (Å²) in [7, 11) is -2.10. The van der Waals surface area contributed by atoms with Crippen LogP contribution in [0.25, 0.3) is 0 Å². The van der Waals surface area contributed by atoms with Gasteiger partial charge in [-0.25, -0.2) is 13.4 Å². The van der Waals surface area contributed by atoms with E-state index in [0.717, 1.165) is 0 Å². The summed E-state index contributed by atoms with van der Waals surface area (Å²) in [4.78, 5) is 14.8. The van der Waals surface area contributed by atoms with E-state index in [1.54, 1.807) is 24.0 Å². The Labute approximate surface area is 145 Å². The number of hydrogen-bond donors (Lipinski definition) is 1. The number of rotatable bonds is 4. The van der Waals surface area contributed by atoms with E-state index in [0.29, 0.717) is 18.9 Å². The average Bonchev–Trinajstić information content (AvgIpc) is 3.00. The summed E-state index contributed by atoms with van der Waals surface area (Å²) < 4.78 is 29.6. The third-order valence-corrected chi connectivity index (χ3v) is 6.44. The fourth-order valence-electron chi connectivity index (χ4n) is 3.10. The van der Waals surface area contributed by atoms with E-state index in [-0.39, 0.29) is 22.7 Å². The molecule has 0 bridgehead atoms. The minimum atomic E-state index is -3.91. The fourth-order valence-corrected chi connectivity index (χ4v) is 4.93. The van der Waals surface area contributed by atoms with Crippen molar-refractivity contribution in [3.63, 3.8) is 0 Å². The molecule has 0 radical (unpaired) electrons. The molecular weight excluding hydrogens is 346 g/mol. The number of imidazole rings is 1. The van der Waals surface area contributed by atoms with Crippen LogP contribution in [-0.2, 0) is 17.1 Å². The summed E-state index contributed by atoms with van der Waals surface area (Å²) in [6.07, 6.45) is 3.38. The highest BCUT2D eigenvalue weighted by molar-refractivity contribution is 7.89. The summed E-state index contributed by atoms with van der Waals surface area (Å²) in [5, 5.41) is 14.3. The molecule has 1 aliphatic heterocycles. The van der Waals surface area contributed by atoms with Crippen LogP contribution in [0, 0.1) is 17.0 Å². The van der Waals surface area contributed by atoms with Crippen LogP contribution in [-0.4, -0.2) is 46.8 Å². The van der Waals surface area contributed by atoms with Crippen molar-refractivity contribution in [3.8, 4) is 0 Å². The molecule has 0 amide bonds. The molecule has 25 heavy (non-hydrogen) atoms. The molecule has 2 aromatic rings. The van der Waals surface area contributed by atoms with Crippen LogP contribution in [0.15, 0.2) is 35.5 Å². The van der Waals surface area contributed by atoms with Crippen LogP contribution in [0.1, 0.15) is 17.4 Å². The number of sulfonamides is 1. The van der Waals surface area contributed by atoms with Gasteiger partial charge in [-0.2, -0.15) is 4.31 Å². The molecule has 0 aliphatic carbocycles. The van der Waals surface area contributed by atoms with Gasteiger partial charge < -0.3 is 9.88 Å². The first-order valence-electron chi connectivity index (χ1n) is 7.78. The molecule has 2 heterocycles.